The number of rotatable bonds is 5. The molecule has 1 rings (SSSR count). The Kier molecular flexibility index (Phi) is 5.34. The maximum Gasteiger partial charge on any atom is 0.387 e. The topological polar surface area (TPSA) is 26.3 Å². The highest BCUT2D eigenvalue weighted by molar-refractivity contribution is 9.10. The lowest BCUT2D eigenvalue weighted by molar-refractivity contribution is -0.0503. The third-order valence-electron chi connectivity index (χ3n) is 1.79. The van der Waals surface area contributed by atoms with Crippen molar-refractivity contribution in [3.05, 3.63) is 28.2 Å². The molecule has 0 fully saturated rings. The number of Topliss-reactive ketones (excluding diaryl/α,β-unsaturated/α-hetero) is 1. The lowest BCUT2D eigenvalue weighted by atomic mass is 10.1. The quantitative estimate of drug-likeness (QED) is 0.587. The van der Waals surface area contributed by atoms with Gasteiger partial charge in [-0.25, -0.2) is 0 Å². The molecule has 0 spiro atoms. The molecule has 0 aromatic heterocycles. The Hall–Kier alpha value is -0.490. The summed E-state index contributed by atoms with van der Waals surface area (Å²) in [7, 11) is 0. The van der Waals surface area contributed by atoms with Crippen LogP contribution in [0.4, 0.5) is 8.78 Å². The van der Waals surface area contributed by atoms with E-state index in [0.29, 0.717) is 21.8 Å². The van der Waals surface area contributed by atoms with E-state index in [1.54, 1.807) is 6.07 Å². The summed E-state index contributed by atoms with van der Waals surface area (Å²) in [6, 6.07) is 4.38. The van der Waals surface area contributed by atoms with Crippen LogP contribution in [0.25, 0.3) is 0 Å². The number of alkyl halides is 3. The maximum atomic E-state index is 12.0. The van der Waals surface area contributed by atoms with Crippen LogP contribution in [-0.2, 0) is 0 Å². The zero-order valence-electron chi connectivity index (χ0n) is 8.05. The Labute approximate surface area is 108 Å². The van der Waals surface area contributed by atoms with Gasteiger partial charge in [0.2, 0.25) is 0 Å². The van der Waals surface area contributed by atoms with E-state index in [4.69, 9.17) is 0 Å². The molecule has 0 radical (unpaired) electrons. The van der Waals surface area contributed by atoms with E-state index >= 15 is 0 Å². The fourth-order valence-corrected chi connectivity index (χ4v) is 1.79. The number of ketones is 1. The molecule has 0 heterocycles. The number of carbonyl (C=O) groups excluding carboxylic acids is 1. The summed E-state index contributed by atoms with van der Waals surface area (Å²) in [5, 5.41) is 0.535. The summed E-state index contributed by atoms with van der Waals surface area (Å²) < 4.78 is 28.8. The molecule has 16 heavy (non-hydrogen) atoms. The Morgan fingerprint density at radius 1 is 1.44 bits per heavy atom. The first-order chi connectivity index (χ1) is 7.54. The fraction of sp³-hybridized carbons (Fsp3) is 0.300. The molecule has 0 saturated heterocycles. The van der Waals surface area contributed by atoms with Crippen molar-refractivity contribution in [3.8, 4) is 5.75 Å². The highest BCUT2D eigenvalue weighted by Crippen LogP contribution is 2.28. The van der Waals surface area contributed by atoms with Crippen molar-refractivity contribution in [2.24, 2.45) is 0 Å². The van der Waals surface area contributed by atoms with Crippen molar-refractivity contribution in [2.45, 2.75) is 13.0 Å². The molecule has 1 aromatic carbocycles. The smallest absolute Gasteiger partial charge is 0.387 e. The van der Waals surface area contributed by atoms with Gasteiger partial charge in [0.05, 0.1) is 4.47 Å². The van der Waals surface area contributed by atoms with Crippen molar-refractivity contribution >= 4 is 37.6 Å². The molecule has 0 saturated carbocycles. The Balaban J connectivity index is 2.93. The predicted octanol–water partition coefficient (Wildman–Crippen LogP) is 4.02. The van der Waals surface area contributed by atoms with Gasteiger partial charge in [0.15, 0.2) is 5.78 Å². The largest absolute Gasteiger partial charge is 0.434 e. The minimum atomic E-state index is -2.90. The molecule has 0 aliphatic heterocycles. The van der Waals surface area contributed by atoms with Gasteiger partial charge in [0.25, 0.3) is 0 Å². The third-order valence-corrected chi connectivity index (χ3v) is 2.84. The van der Waals surface area contributed by atoms with Crippen LogP contribution in [0.5, 0.6) is 5.75 Å². The van der Waals surface area contributed by atoms with Crippen molar-refractivity contribution < 1.29 is 18.3 Å². The summed E-state index contributed by atoms with van der Waals surface area (Å²) in [5.74, 6) is -0.154. The first-order valence-electron chi connectivity index (χ1n) is 4.38. The van der Waals surface area contributed by atoms with Crippen LogP contribution in [0.15, 0.2) is 22.7 Å². The molecule has 2 nitrogen and oxygen atoms in total. The van der Waals surface area contributed by atoms with E-state index in [1.807, 2.05) is 0 Å². The zero-order valence-corrected chi connectivity index (χ0v) is 11.2. The standard InChI is InChI=1S/C10H8Br2F2O2/c11-4-3-8(15)6-1-2-7(12)9(5-6)16-10(13)14/h1-2,5,10H,3-4H2. The predicted molar refractivity (Wildman–Crippen MR) is 63.5 cm³/mol. The molecule has 0 N–H and O–H groups in total. The van der Waals surface area contributed by atoms with Crippen LogP contribution in [0.2, 0.25) is 0 Å². The Bertz CT molecular complexity index is 383. The maximum absolute atomic E-state index is 12.0. The minimum absolute atomic E-state index is 0.0320. The number of hydrogen-bond donors (Lipinski definition) is 0. The van der Waals surface area contributed by atoms with Crippen LogP contribution in [0.1, 0.15) is 16.8 Å². The van der Waals surface area contributed by atoms with Gasteiger partial charge in [-0.05, 0) is 28.1 Å². The lowest BCUT2D eigenvalue weighted by Crippen LogP contribution is -2.05. The van der Waals surface area contributed by atoms with E-state index in [0.717, 1.165) is 0 Å². The number of halogens is 4. The first-order valence-corrected chi connectivity index (χ1v) is 6.29. The van der Waals surface area contributed by atoms with Gasteiger partial charge in [0, 0.05) is 17.3 Å². The van der Waals surface area contributed by atoms with E-state index in [2.05, 4.69) is 36.6 Å². The molecule has 0 aliphatic carbocycles. The molecule has 88 valence electrons. The average Bonchev–Trinajstić information content (AvgIpc) is 2.21. The van der Waals surface area contributed by atoms with E-state index in [1.165, 1.54) is 12.1 Å². The van der Waals surface area contributed by atoms with Crippen molar-refractivity contribution in [2.75, 3.05) is 5.33 Å². The minimum Gasteiger partial charge on any atom is -0.434 e. The van der Waals surface area contributed by atoms with Gasteiger partial charge in [-0.3, -0.25) is 4.79 Å². The summed E-state index contributed by atoms with van der Waals surface area (Å²) in [4.78, 5) is 11.5. The van der Waals surface area contributed by atoms with Gasteiger partial charge in [-0.1, -0.05) is 22.0 Å². The van der Waals surface area contributed by atoms with Gasteiger partial charge in [0.1, 0.15) is 5.75 Å². The molecule has 0 aliphatic rings. The number of ether oxygens (including phenoxy) is 1. The average molecular weight is 358 g/mol. The number of carbonyl (C=O) groups is 1. The molecular formula is C10H8Br2F2O2. The van der Waals surface area contributed by atoms with E-state index in [-0.39, 0.29) is 11.5 Å². The second-order valence-corrected chi connectivity index (χ2v) is 4.53. The van der Waals surface area contributed by atoms with Crippen LogP contribution >= 0.6 is 31.9 Å². The molecule has 6 heteroatoms. The monoisotopic (exact) mass is 356 g/mol. The molecular weight excluding hydrogens is 350 g/mol. The molecule has 0 amide bonds. The summed E-state index contributed by atoms with van der Waals surface area (Å²) in [6.45, 7) is -2.90. The molecule has 1 aromatic rings. The number of hydrogen-bond acceptors (Lipinski definition) is 2. The summed E-state index contributed by atoms with van der Waals surface area (Å²) in [5.41, 5.74) is 0.360. The Morgan fingerprint density at radius 3 is 2.69 bits per heavy atom. The summed E-state index contributed by atoms with van der Waals surface area (Å²) >= 11 is 6.21. The second-order valence-electron chi connectivity index (χ2n) is 2.89. The number of benzene rings is 1. The molecule has 0 bridgehead atoms. The van der Waals surface area contributed by atoms with Crippen LogP contribution in [0.3, 0.4) is 0 Å². The highest BCUT2D eigenvalue weighted by Gasteiger charge is 2.12. The lowest BCUT2D eigenvalue weighted by Gasteiger charge is -2.08. The van der Waals surface area contributed by atoms with Gasteiger partial charge in [-0.2, -0.15) is 8.78 Å². The van der Waals surface area contributed by atoms with Crippen molar-refractivity contribution in [1.82, 2.24) is 0 Å². The fourth-order valence-electron chi connectivity index (χ4n) is 1.09. The van der Waals surface area contributed by atoms with Crippen molar-refractivity contribution in [1.29, 1.82) is 0 Å². The van der Waals surface area contributed by atoms with E-state index in [9.17, 15) is 13.6 Å². The zero-order chi connectivity index (χ0) is 12.1. The first kappa shape index (κ1) is 13.6. The Morgan fingerprint density at radius 2 is 2.12 bits per heavy atom. The van der Waals surface area contributed by atoms with Crippen LogP contribution < -0.4 is 4.74 Å². The SMILES string of the molecule is O=C(CCBr)c1ccc(Br)c(OC(F)F)c1. The molecule has 0 atom stereocenters. The van der Waals surface area contributed by atoms with Gasteiger partial charge >= 0.3 is 6.61 Å². The van der Waals surface area contributed by atoms with Crippen LogP contribution in [0, 0.1) is 0 Å². The van der Waals surface area contributed by atoms with Crippen molar-refractivity contribution in [3.63, 3.8) is 0 Å². The van der Waals surface area contributed by atoms with Gasteiger partial charge in [-0.15, -0.1) is 0 Å². The third kappa shape index (κ3) is 3.83. The van der Waals surface area contributed by atoms with Crippen LogP contribution in [-0.4, -0.2) is 17.7 Å². The van der Waals surface area contributed by atoms with Gasteiger partial charge < -0.3 is 4.74 Å². The molecule has 0 unspecified atom stereocenters. The van der Waals surface area contributed by atoms with E-state index < -0.39 is 6.61 Å². The second kappa shape index (κ2) is 6.30. The normalized spacial score (nSPS) is 10.6. The highest BCUT2D eigenvalue weighted by atomic mass is 79.9. The summed E-state index contributed by atoms with van der Waals surface area (Å²) in [6.07, 6.45) is 0.315.